The molecule has 0 heterocycles. The van der Waals surface area contributed by atoms with E-state index in [-0.39, 0.29) is 5.91 Å². The van der Waals surface area contributed by atoms with E-state index in [1.54, 1.807) is 26.2 Å². The molecule has 1 amide bonds. The highest BCUT2D eigenvalue weighted by Gasteiger charge is 2.34. The molecule has 0 atom stereocenters. The largest absolute Gasteiger partial charge is 0.496 e. The monoisotopic (exact) mass is 264 g/mol. The second kappa shape index (κ2) is 5.61. The van der Waals surface area contributed by atoms with E-state index in [9.17, 15) is 4.79 Å². The standard InChI is InChI=1S/C15H24N2O2/c1-10-8-11(2)13(12(9-10)19-7)15(3,4)14(18)16-17(5)6/h8-9H,1-7H3,(H,16,18). The topological polar surface area (TPSA) is 41.6 Å². The number of rotatable bonds is 4. The lowest BCUT2D eigenvalue weighted by atomic mass is 9.80. The van der Waals surface area contributed by atoms with Crippen molar-refractivity contribution in [3.8, 4) is 5.75 Å². The van der Waals surface area contributed by atoms with Gasteiger partial charge in [-0.2, -0.15) is 0 Å². The zero-order chi connectivity index (χ0) is 14.8. The minimum absolute atomic E-state index is 0.0530. The van der Waals surface area contributed by atoms with Crippen LogP contribution >= 0.6 is 0 Å². The number of nitrogens with zero attached hydrogens (tertiary/aromatic N) is 1. The van der Waals surface area contributed by atoms with Gasteiger partial charge in [0.1, 0.15) is 5.75 Å². The van der Waals surface area contributed by atoms with Gasteiger partial charge in [-0.3, -0.25) is 10.2 Å². The molecule has 0 unspecified atom stereocenters. The van der Waals surface area contributed by atoms with E-state index in [1.807, 2.05) is 33.8 Å². The second-order valence-electron chi connectivity index (χ2n) is 5.62. The Morgan fingerprint density at radius 2 is 1.84 bits per heavy atom. The number of methoxy groups -OCH3 is 1. The van der Waals surface area contributed by atoms with Gasteiger partial charge >= 0.3 is 0 Å². The van der Waals surface area contributed by atoms with Crippen molar-refractivity contribution in [2.75, 3.05) is 21.2 Å². The summed E-state index contributed by atoms with van der Waals surface area (Å²) in [6.07, 6.45) is 0. The number of carbonyl (C=O) groups is 1. The molecule has 4 nitrogen and oxygen atoms in total. The zero-order valence-corrected chi connectivity index (χ0v) is 12.9. The van der Waals surface area contributed by atoms with Crippen LogP contribution in [0.25, 0.3) is 0 Å². The third-order valence-electron chi connectivity index (χ3n) is 3.18. The van der Waals surface area contributed by atoms with Crippen molar-refractivity contribution in [2.45, 2.75) is 33.1 Å². The first-order chi connectivity index (χ1) is 8.70. The van der Waals surface area contributed by atoms with Gasteiger partial charge in [0.2, 0.25) is 5.91 Å². The highest BCUT2D eigenvalue weighted by molar-refractivity contribution is 5.88. The van der Waals surface area contributed by atoms with Crippen molar-refractivity contribution in [1.29, 1.82) is 0 Å². The molecule has 1 aromatic carbocycles. The Morgan fingerprint density at radius 1 is 1.26 bits per heavy atom. The Labute approximate surface area is 115 Å². The molecule has 0 saturated carbocycles. The molecule has 0 saturated heterocycles. The molecule has 1 rings (SSSR count). The number of aryl methyl sites for hydroxylation is 2. The van der Waals surface area contributed by atoms with Crippen molar-refractivity contribution >= 4 is 5.91 Å². The predicted octanol–water partition coefficient (Wildman–Crippen LogP) is 2.18. The maximum Gasteiger partial charge on any atom is 0.244 e. The summed E-state index contributed by atoms with van der Waals surface area (Å²) in [5.74, 6) is 0.708. The number of benzene rings is 1. The number of amides is 1. The maximum absolute atomic E-state index is 12.4. The maximum atomic E-state index is 12.4. The quantitative estimate of drug-likeness (QED) is 0.848. The highest BCUT2D eigenvalue weighted by Crippen LogP contribution is 2.35. The van der Waals surface area contributed by atoms with Gasteiger partial charge in [-0.05, 0) is 44.9 Å². The van der Waals surface area contributed by atoms with Crippen LogP contribution in [0, 0.1) is 13.8 Å². The van der Waals surface area contributed by atoms with Crippen molar-refractivity contribution in [3.05, 3.63) is 28.8 Å². The summed E-state index contributed by atoms with van der Waals surface area (Å²) in [5, 5.41) is 1.65. The molecule has 0 spiro atoms. The number of hydrazine groups is 1. The SMILES string of the molecule is COc1cc(C)cc(C)c1C(C)(C)C(=O)NN(C)C. The Bertz CT molecular complexity index is 479. The number of hydrogen-bond acceptors (Lipinski definition) is 3. The molecule has 0 aromatic heterocycles. The smallest absolute Gasteiger partial charge is 0.244 e. The van der Waals surface area contributed by atoms with Crippen molar-refractivity contribution in [2.24, 2.45) is 0 Å². The fourth-order valence-electron chi connectivity index (χ4n) is 2.35. The molecule has 106 valence electrons. The molecular formula is C15H24N2O2. The summed E-state index contributed by atoms with van der Waals surface area (Å²) in [4.78, 5) is 12.4. The van der Waals surface area contributed by atoms with Crippen molar-refractivity contribution in [1.82, 2.24) is 10.4 Å². The highest BCUT2D eigenvalue weighted by atomic mass is 16.5. The summed E-state index contributed by atoms with van der Waals surface area (Å²) in [7, 11) is 5.23. The minimum atomic E-state index is -0.659. The number of hydrogen-bond donors (Lipinski definition) is 1. The summed E-state index contributed by atoms with van der Waals surface area (Å²) < 4.78 is 5.45. The lowest BCUT2D eigenvalue weighted by Crippen LogP contribution is -2.46. The van der Waals surface area contributed by atoms with Gasteiger partial charge in [0.15, 0.2) is 0 Å². The molecule has 19 heavy (non-hydrogen) atoms. The van der Waals surface area contributed by atoms with Gasteiger partial charge in [0.25, 0.3) is 0 Å². The molecule has 0 radical (unpaired) electrons. The molecule has 0 aliphatic carbocycles. The first-order valence-corrected chi connectivity index (χ1v) is 6.34. The Balaban J connectivity index is 3.31. The summed E-state index contributed by atoms with van der Waals surface area (Å²) in [6, 6.07) is 4.04. The van der Waals surface area contributed by atoms with Gasteiger partial charge in [-0.25, -0.2) is 5.01 Å². The lowest BCUT2D eigenvalue weighted by molar-refractivity contribution is -0.129. The molecule has 0 fully saturated rings. The van der Waals surface area contributed by atoms with Gasteiger partial charge in [0, 0.05) is 19.7 Å². The van der Waals surface area contributed by atoms with Crippen LogP contribution in [0.1, 0.15) is 30.5 Å². The summed E-state index contributed by atoms with van der Waals surface area (Å²) >= 11 is 0. The van der Waals surface area contributed by atoms with E-state index in [0.717, 1.165) is 22.4 Å². The Morgan fingerprint density at radius 3 is 2.32 bits per heavy atom. The molecule has 1 aromatic rings. The third-order valence-corrected chi connectivity index (χ3v) is 3.18. The first kappa shape index (κ1) is 15.5. The first-order valence-electron chi connectivity index (χ1n) is 6.34. The van der Waals surface area contributed by atoms with Gasteiger partial charge in [-0.15, -0.1) is 0 Å². The molecule has 0 aliphatic heterocycles. The molecule has 4 heteroatoms. The van der Waals surface area contributed by atoms with Crippen LogP contribution in [0.2, 0.25) is 0 Å². The van der Waals surface area contributed by atoms with Crippen LogP contribution in [0.4, 0.5) is 0 Å². The van der Waals surface area contributed by atoms with Crippen LogP contribution in [-0.4, -0.2) is 32.1 Å². The number of nitrogens with one attached hydrogen (secondary N) is 1. The van der Waals surface area contributed by atoms with E-state index < -0.39 is 5.41 Å². The van der Waals surface area contributed by atoms with Gasteiger partial charge in [0.05, 0.1) is 12.5 Å². The van der Waals surface area contributed by atoms with E-state index >= 15 is 0 Å². The predicted molar refractivity (Wildman–Crippen MR) is 77.3 cm³/mol. The van der Waals surface area contributed by atoms with Crippen LogP contribution in [-0.2, 0) is 10.2 Å². The minimum Gasteiger partial charge on any atom is -0.496 e. The van der Waals surface area contributed by atoms with Crippen LogP contribution in [0.15, 0.2) is 12.1 Å². The third kappa shape index (κ3) is 3.26. The van der Waals surface area contributed by atoms with Gasteiger partial charge < -0.3 is 4.74 Å². The molecule has 0 bridgehead atoms. The van der Waals surface area contributed by atoms with E-state index in [0.29, 0.717) is 0 Å². The van der Waals surface area contributed by atoms with Crippen LogP contribution < -0.4 is 10.2 Å². The van der Waals surface area contributed by atoms with E-state index in [1.165, 1.54) is 0 Å². The summed E-state index contributed by atoms with van der Waals surface area (Å²) in [6.45, 7) is 7.85. The molecule has 0 aliphatic rings. The lowest BCUT2D eigenvalue weighted by Gasteiger charge is -2.29. The van der Waals surface area contributed by atoms with Crippen LogP contribution in [0.3, 0.4) is 0 Å². The van der Waals surface area contributed by atoms with Gasteiger partial charge in [-0.1, -0.05) is 6.07 Å². The van der Waals surface area contributed by atoms with Crippen LogP contribution in [0.5, 0.6) is 5.75 Å². The normalized spacial score (nSPS) is 11.6. The van der Waals surface area contributed by atoms with Crippen molar-refractivity contribution < 1.29 is 9.53 Å². The zero-order valence-electron chi connectivity index (χ0n) is 12.9. The van der Waals surface area contributed by atoms with E-state index in [4.69, 9.17) is 4.74 Å². The average Bonchev–Trinajstić information content (AvgIpc) is 2.26. The van der Waals surface area contributed by atoms with E-state index in [2.05, 4.69) is 11.5 Å². The Hall–Kier alpha value is -1.55. The molecule has 1 N–H and O–H groups in total. The molecular weight excluding hydrogens is 240 g/mol. The average molecular weight is 264 g/mol. The number of ether oxygens (including phenoxy) is 1. The summed E-state index contributed by atoms with van der Waals surface area (Å²) in [5.41, 5.74) is 5.28. The fraction of sp³-hybridized carbons (Fsp3) is 0.533. The fourth-order valence-corrected chi connectivity index (χ4v) is 2.35. The Kier molecular flexibility index (Phi) is 4.58. The van der Waals surface area contributed by atoms with Crippen molar-refractivity contribution in [3.63, 3.8) is 0 Å². The number of carbonyl (C=O) groups excluding carboxylic acids is 1. The second-order valence-corrected chi connectivity index (χ2v) is 5.62.